The topological polar surface area (TPSA) is 30.5 Å². The van der Waals surface area contributed by atoms with Crippen LogP contribution in [0.5, 0.6) is 11.5 Å². The van der Waals surface area contributed by atoms with Crippen LogP contribution < -0.4 is 14.8 Å². The molecule has 1 fully saturated rings. The maximum absolute atomic E-state index is 5.74. The molecule has 3 heteroatoms. The van der Waals surface area contributed by atoms with Crippen LogP contribution in [0.25, 0.3) is 0 Å². The smallest absolute Gasteiger partial charge is 0.119 e. The molecule has 0 atom stereocenters. The Morgan fingerprint density at radius 1 is 0.950 bits per heavy atom. The van der Waals surface area contributed by atoms with E-state index in [0.717, 1.165) is 24.7 Å². The second kappa shape index (κ2) is 8.85. The number of ether oxygens (including phenoxy) is 2. The lowest BCUT2D eigenvalue weighted by atomic mass is 10.1. The van der Waals surface area contributed by atoms with Crippen molar-refractivity contribution >= 4 is 0 Å². The van der Waals surface area contributed by atoms with Gasteiger partial charge >= 0.3 is 0 Å². The Hall–Kier alpha value is -1.22. The Labute approximate surface area is 122 Å². The highest BCUT2D eigenvalue weighted by Crippen LogP contribution is 2.18. The van der Waals surface area contributed by atoms with Crippen molar-refractivity contribution in [3.63, 3.8) is 0 Å². The molecule has 0 saturated heterocycles. The molecule has 1 aromatic rings. The zero-order valence-corrected chi connectivity index (χ0v) is 12.6. The Morgan fingerprint density at radius 3 is 2.15 bits per heavy atom. The summed E-state index contributed by atoms with van der Waals surface area (Å²) < 4.78 is 11.2. The number of rotatable bonds is 7. The van der Waals surface area contributed by atoms with Crippen molar-refractivity contribution in [1.29, 1.82) is 0 Å². The Kier molecular flexibility index (Phi) is 6.72. The minimum absolute atomic E-state index is 0.696. The first-order valence-electron chi connectivity index (χ1n) is 7.97. The summed E-state index contributed by atoms with van der Waals surface area (Å²) >= 11 is 0. The third-order valence-corrected chi connectivity index (χ3v) is 3.79. The third kappa shape index (κ3) is 5.41. The molecule has 0 heterocycles. The molecule has 0 aromatic heterocycles. The van der Waals surface area contributed by atoms with Crippen molar-refractivity contribution < 1.29 is 9.47 Å². The van der Waals surface area contributed by atoms with Crippen LogP contribution in [0.3, 0.4) is 0 Å². The molecule has 1 saturated carbocycles. The number of hydrogen-bond donors (Lipinski definition) is 1. The summed E-state index contributed by atoms with van der Waals surface area (Å²) in [6.45, 7) is 4.34. The van der Waals surface area contributed by atoms with E-state index in [1.165, 1.54) is 38.5 Å². The van der Waals surface area contributed by atoms with E-state index in [0.29, 0.717) is 12.6 Å². The number of nitrogens with one attached hydrogen (secondary N) is 1. The van der Waals surface area contributed by atoms with Gasteiger partial charge in [0.05, 0.1) is 6.61 Å². The molecule has 112 valence electrons. The normalized spacial score (nSPS) is 16.6. The first-order valence-corrected chi connectivity index (χ1v) is 7.97. The molecular formula is C17H27NO2. The van der Waals surface area contributed by atoms with Gasteiger partial charge in [0.15, 0.2) is 0 Å². The lowest BCUT2D eigenvalue weighted by Crippen LogP contribution is -2.32. The van der Waals surface area contributed by atoms with E-state index in [9.17, 15) is 0 Å². The summed E-state index contributed by atoms with van der Waals surface area (Å²) in [7, 11) is 0. The van der Waals surface area contributed by atoms with Crippen molar-refractivity contribution in [1.82, 2.24) is 5.32 Å². The van der Waals surface area contributed by atoms with E-state index in [4.69, 9.17) is 9.47 Å². The van der Waals surface area contributed by atoms with Crippen molar-refractivity contribution in [2.24, 2.45) is 0 Å². The molecule has 1 aliphatic carbocycles. The molecule has 3 nitrogen and oxygen atoms in total. The standard InChI is InChI=1S/C17H27NO2/c1-2-19-16-9-11-17(12-10-16)20-14-13-18-15-7-5-3-4-6-8-15/h9-12,15,18H,2-8,13-14H2,1H3. The molecule has 0 aliphatic heterocycles. The van der Waals surface area contributed by atoms with Gasteiger partial charge in [-0.25, -0.2) is 0 Å². The molecule has 0 spiro atoms. The molecule has 1 aromatic carbocycles. The van der Waals surface area contributed by atoms with E-state index < -0.39 is 0 Å². The molecular weight excluding hydrogens is 250 g/mol. The van der Waals surface area contributed by atoms with E-state index in [2.05, 4.69) is 5.32 Å². The minimum atomic E-state index is 0.696. The zero-order valence-electron chi connectivity index (χ0n) is 12.6. The van der Waals surface area contributed by atoms with E-state index >= 15 is 0 Å². The van der Waals surface area contributed by atoms with Gasteiger partial charge in [-0.2, -0.15) is 0 Å². The predicted octanol–water partition coefficient (Wildman–Crippen LogP) is 3.78. The van der Waals surface area contributed by atoms with Crippen LogP contribution in [0, 0.1) is 0 Å². The zero-order chi connectivity index (χ0) is 14.0. The van der Waals surface area contributed by atoms with Crippen molar-refractivity contribution in [3.05, 3.63) is 24.3 Å². The van der Waals surface area contributed by atoms with Gasteiger partial charge in [-0.3, -0.25) is 0 Å². The minimum Gasteiger partial charge on any atom is -0.494 e. The monoisotopic (exact) mass is 277 g/mol. The van der Waals surface area contributed by atoms with Gasteiger partial charge in [0.25, 0.3) is 0 Å². The summed E-state index contributed by atoms with van der Waals surface area (Å²) in [6, 6.07) is 8.55. The second-order valence-corrected chi connectivity index (χ2v) is 5.40. The summed E-state index contributed by atoms with van der Waals surface area (Å²) in [6.07, 6.45) is 8.20. The Balaban J connectivity index is 1.62. The lowest BCUT2D eigenvalue weighted by molar-refractivity contribution is 0.299. The van der Waals surface area contributed by atoms with Gasteiger partial charge in [0.2, 0.25) is 0 Å². The average Bonchev–Trinajstić information content (AvgIpc) is 2.74. The van der Waals surface area contributed by atoms with Crippen molar-refractivity contribution in [2.45, 2.75) is 51.5 Å². The Morgan fingerprint density at radius 2 is 1.55 bits per heavy atom. The fraction of sp³-hybridized carbons (Fsp3) is 0.647. The number of hydrogen-bond acceptors (Lipinski definition) is 3. The van der Waals surface area contributed by atoms with Gasteiger partial charge < -0.3 is 14.8 Å². The summed E-state index contributed by atoms with van der Waals surface area (Å²) in [5.41, 5.74) is 0. The highest BCUT2D eigenvalue weighted by atomic mass is 16.5. The molecule has 0 amide bonds. The summed E-state index contributed by atoms with van der Waals surface area (Å²) in [5, 5.41) is 3.61. The molecule has 0 radical (unpaired) electrons. The van der Waals surface area contributed by atoms with Crippen LogP contribution in [0.4, 0.5) is 0 Å². The fourth-order valence-electron chi connectivity index (χ4n) is 2.71. The third-order valence-electron chi connectivity index (χ3n) is 3.79. The first kappa shape index (κ1) is 15.2. The highest BCUT2D eigenvalue weighted by Gasteiger charge is 2.10. The molecule has 0 unspecified atom stereocenters. The Bertz CT molecular complexity index is 356. The van der Waals surface area contributed by atoms with Gasteiger partial charge in [0, 0.05) is 12.6 Å². The molecule has 0 bridgehead atoms. The second-order valence-electron chi connectivity index (χ2n) is 5.40. The predicted molar refractivity (Wildman–Crippen MR) is 82.6 cm³/mol. The van der Waals surface area contributed by atoms with Gasteiger partial charge in [-0.05, 0) is 44.0 Å². The van der Waals surface area contributed by atoms with Crippen LogP contribution in [-0.4, -0.2) is 25.8 Å². The quantitative estimate of drug-likeness (QED) is 0.608. The SMILES string of the molecule is CCOc1ccc(OCCNC2CCCCCC2)cc1. The summed E-state index contributed by atoms with van der Waals surface area (Å²) in [4.78, 5) is 0. The highest BCUT2D eigenvalue weighted by molar-refractivity contribution is 5.31. The van der Waals surface area contributed by atoms with E-state index in [1.807, 2.05) is 31.2 Å². The van der Waals surface area contributed by atoms with Crippen LogP contribution in [0.2, 0.25) is 0 Å². The molecule has 1 N–H and O–H groups in total. The maximum Gasteiger partial charge on any atom is 0.119 e. The lowest BCUT2D eigenvalue weighted by Gasteiger charge is -2.16. The van der Waals surface area contributed by atoms with Crippen molar-refractivity contribution in [3.8, 4) is 11.5 Å². The van der Waals surface area contributed by atoms with Crippen LogP contribution in [-0.2, 0) is 0 Å². The van der Waals surface area contributed by atoms with E-state index in [-0.39, 0.29) is 0 Å². The largest absolute Gasteiger partial charge is 0.494 e. The fourth-order valence-corrected chi connectivity index (χ4v) is 2.71. The van der Waals surface area contributed by atoms with Gasteiger partial charge in [0.1, 0.15) is 18.1 Å². The molecule has 2 rings (SSSR count). The summed E-state index contributed by atoms with van der Waals surface area (Å²) in [5.74, 6) is 1.81. The van der Waals surface area contributed by atoms with E-state index in [1.54, 1.807) is 0 Å². The van der Waals surface area contributed by atoms with Gasteiger partial charge in [-0.1, -0.05) is 25.7 Å². The molecule has 1 aliphatic rings. The first-order chi connectivity index (χ1) is 9.88. The van der Waals surface area contributed by atoms with Crippen LogP contribution in [0.15, 0.2) is 24.3 Å². The van der Waals surface area contributed by atoms with Crippen LogP contribution in [0.1, 0.15) is 45.4 Å². The molecule has 20 heavy (non-hydrogen) atoms. The average molecular weight is 277 g/mol. The van der Waals surface area contributed by atoms with Crippen LogP contribution >= 0.6 is 0 Å². The maximum atomic E-state index is 5.74. The van der Waals surface area contributed by atoms with Crippen molar-refractivity contribution in [2.75, 3.05) is 19.8 Å². The van der Waals surface area contributed by atoms with Gasteiger partial charge in [-0.15, -0.1) is 0 Å². The number of benzene rings is 1.